The molecule has 0 radical (unpaired) electrons. The number of piperidine rings is 1. The average molecular weight is 367 g/mol. The zero-order valence-electron chi connectivity index (χ0n) is 16.4. The van der Waals surface area contributed by atoms with Crippen LogP contribution in [0.1, 0.15) is 33.6 Å². The summed E-state index contributed by atoms with van der Waals surface area (Å²) in [6.45, 7) is 8.73. The minimum absolute atomic E-state index is 0.152. The number of nitrogens with one attached hydrogen (secondary N) is 2. The average Bonchev–Trinajstić information content (AvgIpc) is 2.64. The molecule has 27 heavy (non-hydrogen) atoms. The number of carbonyl (C=O) groups excluding carboxylic acids is 1. The standard InChI is InChI=1S/C22H29N3O2/c1-22(2,3)25-15-13-18(14-16-25)24-21(26)23-17-9-11-20(12-10-17)27-19-7-5-4-6-8-19/h4-12,18H,13-16H2,1-3H3,(H2,23,24,26). The lowest BCUT2D eigenvalue weighted by molar-refractivity contribution is 0.0983. The van der Waals surface area contributed by atoms with Gasteiger partial charge < -0.3 is 15.4 Å². The monoisotopic (exact) mass is 367 g/mol. The van der Waals surface area contributed by atoms with E-state index in [1.165, 1.54) is 0 Å². The van der Waals surface area contributed by atoms with Gasteiger partial charge in [0.25, 0.3) is 0 Å². The van der Waals surface area contributed by atoms with E-state index in [1.54, 1.807) is 0 Å². The quantitative estimate of drug-likeness (QED) is 0.811. The number of hydrogen-bond acceptors (Lipinski definition) is 3. The number of hydrogen-bond donors (Lipinski definition) is 2. The Morgan fingerprint density at radius 3 is 2.15 bits per heavy atom. The molecule has 2 aromatic carbocycles. The molecule has 1 aliphatic heterocycles. The number of ether oxygens (including phenoxy) is 1. The van der Waals surface area contributed by atoms with Crippen molar-refractivity contribution in [1.82, 2.24) is 10.2 Å². The smallest absolute Gasteiger partial charge is 0.319 e. The van der Waals surface area contributed by atoms with E-state index in [9.17, 15) is 4.79 Å². The van der Waals surface area contributed by atoms with Gasteiger partial charge in [0.2, 0.25) is 0 Å². The second-order valence-electron chi connectivity index (χ2n) is 7.97. The third-order valence-electron chi connectivity index (χ3n) is 4.87. The second kappa shape index (κ2) is 8.44. The summed E-state index contributed by atoms with van der Waals surface area (Å²) in [6.07, 6.45) is 1.96. The van der Waals surface area contributed by atoms with Crippen LogP contribution in [0.4, 0.5) is 10.5 Å². The second-order valence-corrected chi connectivity index (χ2v) is 7.97. The fourth-order valence-electron chi connectivity index (χ4n) is 3.28. The van der Waals surface area contributed by atoms with Gasteiger partial charge in [-0.15, -0.1) is 0 Å². The Labute approximate surface area is 161 Å². The maximum atomic E-state index is 12.3. The summed E-state index contributed by atoms with van der Waals surface area (Å²) in [5.74, 6) is 1.53. The number of nitrogens with zero attached hydrogens (tertiary/aromatic N) is 1. The van der Waals surface area contributed by atoms with Crippen LogP contribution in [0.2, 0.25) is 0 Å². The van der Waals surface area contributed by atoms with E-state index in [-0.39, 0.29) is 17.6 Å². The Hall–Kier alpha value is -2.53. The van der Waals surface area contributed by atoms with Crippen LogP contribution in [-0.4, -0.2) is 35.6 Å². The van der Waals surface area contributed by atoms with Gasteiger partial charge >= 0.3 is 6.03 Å². The Balaban J connectivity index is 1.46. The Morgan fingerprint density at radius 2 is 1.56 bits per heavy atom. The van der Waals surface area contributed by atoms with Crippen molar-refractivity contribution in [2.45, 2.75) is 45.2 Å². The molecule has 1 aliphatic rings. The van der Waals surface area contributed by atoms with Crippen molar-refractivity contribution in [2.75, 3.05) is 18.4 Å². The Bertz CT molecular complexity index is 730. The molecule has 1 saturated heterocycles. The molecule has 0 aromatic heterocycles. The molecule has 0 spiro atoms. The van der Waals surface area contributed by atoms with Crippen molar-refractivity contribution < 1.29 is 9.53 Å². The van der Waals surface area contributed by atoms with Crippen molar-refractivity contribution >= 4 is 11.7 Å². The molecule has 2 aromatic rings. The van der Waals surface area contributed by atoms with Crippen LogP contribution in [0.5, 0.6) is 11.5 Å². The lowest BCUT2D eigenvalue weighted by atomic mass is 9.98. The summed E-state index contributed by atoms with van der Waals surface area (Å²) >= 11 is 0. The van der Waals surface area contributed by atoms with E-state index in [1.807, 2.05) is 54.6 Å². The summed E-state index contributed by atoms with van der Waals surface area (Å²) in [4.78, 5) is 14.7. The van der Waals surface area contributed by atoms with Crippen LogP contribution < -0.4 is 15.4 Å². The first-order valence-corrected chi connectivity index (χ1v) is 9.56. The zero-order chi connectivity index (χ0) is 19.3. The van der Waals surface area contributed by atoms with Crippen molar-refractivity contribution in [2.24, 2.45) is 0 Å². The molecule has 1 fully saturated rings. The summed E-state index contributed by atoms with van der Waals surface area (Å²) in [6, 6.07) is 17.1. The molecule has 144 valence electrons. The van der Waals surface area contributed by atoms with Gasteiger partial charge in [0, 0.05) is 30.4 Å². The van der Waals surface area contributed by atoms with Gasteiger partial charge in [-0.2, -0.15) is 0 Å². The van der Waals surface area contributed by atoms with Gasteiger partial charge in [-0.3, -0.25) is 4.90 Å². The topological polar surface area (TPSA) is 53.6 Å². The van der Waals surface area contributed by atoms with Crippen LogP contribution in [0.15, 0.2) is 54.6 Å². The Morgan fingerprint density at radius 1 is 0.963 bits per heavy atom. The van der Waals surface area contributed by atoms with Crippen LogP contribution in [0, 0.1) is 0 Å². The molecule has 0 atom stereocenters. The number of carbonyl (C=O) groups is 1. The van der Waals surface area contributed by atoms with E-state index in [0.717, 1.165) is 43.1 Å². The van der Waals surface area contributed by atoms with Gasteiger partial charge in [-0.25, -0.2) is 4.79 Å². The number of para-hydroxylation sites is 1. The number of urea groups is 1. The number of amides is 2. The van der Waals surface area contributed by atoms with Gasteiger partial charge in [0.1, 0.15) is 11.5 Å². The van der Waals surface area contributed by atoms with E-state index >= 15 is 0 Å². The minimum Gasteiger partial charge on any atom is -0.457 e. The van der Waals surface area contributed by atoms with Crippen molar-refractivity contribution in [3.05, 3.63) is 54.6 Å². The molecule has 1 heterocycles. The molecule has 0 aliphatic carbocycles. The zero-order valence-corrected chi connectivity index (χ0v) is 16.4. The van der Waals surface area contributed by atoms with Crippen LogP contribution in [0.25, 0.3) is 0 Å². The molecule has 0 saturated carbocycles. The highest BCUT2D eigenvalue weighted by Crippen LogP contribution is 2.23. The molecule has 2 N–H and O–H groups in total. The molecular weight excluding hydrogens is 338 g/mol. The first-order chi connectivity index (χ1) is 12.9. The summed E-state index contributed by atoms with van der Waals surface area (Å²) in [5, 5.41) is 5.99. The highest BCUT2D eigenvalue weighted by atomic mass is 16.5. The van der Waals surface area contributed by atoms with Crippen molar-refractivity contribution in [3.63, 3.8) is 0 Å². The highest BCUT2D eigenvalue weighted by molar-refractivity contribution is 5.89. The fourth-order valence-corrected chi connectivity index (χ4v) is 3.28. The molecule has 0 bridgehead atoms. The number of benzene rings is 2. The SMILES string of the molecule is CC(C)(C)N1CCC(NC(=O)Nc2ccc(Oc3ccccc3)cc2)CC1. The predicted octanol–water partition coefficient (Wildman–Crippen LogP) is 4.86. The predicted molar refractivity (Wildman–Crippen MR) is 109 cm³/mol. The first-order valence-electron chi connectivity index (χ1n) is 9.56. The van der Waals surface area contributed by atoms with Gasteiger partial charge in [-0.05, 0) is 70.0 Å². The largest absolute Gasteiger partial charge is 0.457 e. The molecule has 5 heteroatoms. The van der Waals surface area contributed by atoms with Crippen molar-refractivity contribution in [1.29, 1.82) is 0 Å². The van der Waals surface area contributed by atoms with Crippen molar-refractivity contribution in [3.8, 4) is 11.5 Å². The minimum atomic E-state index is -0.152. The number of rotatable bonds is 4. The first kappa shape index (κ1) is 19.2. The molecular formula is C22H29N3O2. The molecule has 3 rings (SSSR count). The van der Waals surface area contributed by atoms with Gasteiger partial charge in [0.05, 0.1) is 0 Å². The third-order valence-corrected chi connectivity index (χ3v) is 4.87. The normalized spacial score (nSPS) is 16.0. The van der Waals surface area contributed by atoms with Crippen LogP contribution in [0.3, 0.4) is 0 Å². The van der Waals surface area contributed by atoms with Crippen LogP contribution >= 0.6 is 0 Å². The van der Waals surface area contributed by atoms with E-state index < -0.39 is 0 Å². The maximum absolute atomic E-state index is 12.3. The summed E-state index contributed by atoms with van der Waals surface area (Å²) in [5.41, 5.74) is 0.941. The molecule has 0 unspecified atom stereocenters. The molecule has 2 amide bonds. The van der Waals surface area contributed by atoms with Gasteiger partial charge in [-0.1, -0.05) is 18.2 Å². The van der Waals surface area contributed by atoms with E-state index in [2.05, 4.69) is 36.3 Å². The Kier molecular flexibility index (Phi) is 6.01. The summed E-state index contributed by atoms with van der Waals surface area (Å²) < 4.78 is 5.76. The summed E-state index contributed by atoms with van der Waals surface area (Å²) in [7, 11) is 0. The number of likely N-dealkylation sites (tertiary alicyclic amines) is 1. The number of anilines is 1. The van der Waals surface area contributed by atoms with E-state index in [4.69, 9.17) is 4.74 Å². The molecule has 5 nitrogen and oxygen atoms in total. The lowest BCUT2D eigenvalue weighted by Crippen LogP contribution is -2.51. The third kappa shape index (κ3) is 5.73. The maximum Gasteiger partial charge on any atom is 0.319 e. The van der Waals surface area contributed by atoms with E-state index in [0.29, 0.717) is 0 Å². The van der Waals surface area contributed by atoms with Gasteiger partial charge in [0.15, 0.2) is 0 Å². The highest BCUT2D eigenvalue weighted by Gasteiger charge is 2.27. The lowest BCUT2D eigenvalue weighted by Gasteiger charge is -2.40. The van der Waals surface area contributed by atoms with Crippen LogP contribution in [-0.2, 0) is 0 Å². The fraction of sp³-hybridized carbons (Fsp3) is 0.409.